The van der Waals surface area contributed by atoms with Gasteiger partial charge in [0.15, 0.2) is 11.5 Å². The van der Waals surface area contributed by atoms with Crippen molar-refractivity contribution in [1.82, 2.24) is 14.9 Å². The van der Waals surface area contributed by atoms with Gasteiger partial charge in [0.2, 0.25) is 11.9 Å². The van der Waals surface area contributed by atoms with Crippen molar-refractivity contribution in [3.05, 3.63) is 77.5 Å². The van der Waals surface area contributed by atoms with Crippen molar-refractivity contribution in [1.29, 1.82) is 0 Å². The van der Waals surface area contributed by atoms with E-state index in [4.69, 9.17) is 19.4 Å². The van der Waals surface area contributed by atoms with Gasteiger partial charge in [-0.1, -0.05) is 42.5 Å². The van der Waals surface area contributed by atoms with E-state index >= 15 is 0 Å². The number of anilines is 1. The lowest BCUT2D eigenvalue weighted by Crippen LogP contribution is -2.45. The summed E-state index contributed by atoms with van der Waals surface area (Å²) in [4.78, 5) is 27.0. The van der Waals surface area contributed by atoms with E-state index in [1.54, 1.807) is 0 Å². The van der Waals surface area contributed by atoms with E-state index in [1.165, 1.54) is 5.56 Å². The number of fused-ring (bicyclic) bond motifs is 3. The molecule has 3 aliphatic heterocycles. The molecule has 0 bridgehead atoms. The smallest absolute Gasteiger partial charge is 0.227 e. The van der Waals surface area contributed by atoms with Crippen molar-refractivity contribution in [2.45, 2.75) is 32.4 Å². The first-order valence-electron chi connectivity index (χ1n) is 12.9. The van der Waals surface area contributed by atoms with Crippen LogP contribution in [0.25, 0.3) is 22.0 Å². The summed E-state index contributed by atoms with van der Waals surface area (Å²) in [5.74, 6) is 2.53. The quantitative estimate of drug-likeness (QED) is 0.418. The molecular weight excluding hydrogens is 464 g/mol. The van der Waals surface area contributed by atoms with Gasteiger partial charge in [-0.3, -0.25) is 4.79 Å². The minimum Gasteiger partial charge on any atom is -0.486 e. The maximum Gasteiger partial charge on any atom is 0.227 e. The number of rotatable bonds is 3. The van der Waals surface area contributed by atoms with Gasteiger partial charge in [0.1, 0.15) is 13.2 Å². The Morgan fingerprint density at radius 3 is 2.73 bits per heavy atom. The minimum absolute atomic E-state index is 0.175. The zero-order chi connectivity index (χ0) is 24.9. The van der Waals surface area contributed by atoms with Crippen LogP contribution < -0.4 is 14.4 Å². The van der Waals surface area contributed by atoms with Crippen LogP contribution in [0.15, 0.2) is 60.7 Å². The maximum atomic E-state index is 12.9. The predicted molar refractivity (Wildman–Crippen MR) is 142 cm³/mol. The van der Waals surface area contributed by atoms with Crippen molar-refractivity contribution in [2.24, 2.45) is 0 Å². The van der Waals surface area contributed by atoms with Crippen molar-refractivity contribution in [3.63, 3.8) is 0 Å². The molecule has 0 spiro atoms. The highest BCUT2D eigenvalue weighted by molar-refractivity contribution is 5.88. The Kier molecular flexibility index (Phi) is 5.23. The number of hydrogen-bond donors (Lipinski definition) is 0. The van der Waals surface area contributed by atoms with Crippen LogP contribution in [0.4, 0.5) is 5.95 Å². The lowest BCUT2D eigenvalue weighted by atomic mass is 9.98. The number of carbonyl (C=O) groups is 1. The summed E-state index contributed by atoms with van der Waals surface area (Å²) >= 11 is 0. The number of aromatic nitrogens is 2. The van der Waals surface area contributed by atoms with Gasteiger partial charge in [-0.05, 0) is 48.2 Å². The summed E-state index contributed by atoms with van der Waals surface area (Å²) in [6, 6.07) is 20.7. The molecule has 4 heterocycles. The molecule has 0 radical (unpaired) electrons. The largest absolute Gasteiger partial charge is 0.486 e. The normalized spacial score (nSPS) is 18.8. The molecule has 7 nitrogen and oxygen atoms in total. The molecule has 7 rings (SSSR count). The van der Waals surface area contributed by atoms with E-state index in [-0.39, 0.29) is 11.9 Å². The highest BCUT2D eigenvalue weighted by atomic mass is 16.6. The van der Waals surface area contributed by atoms with Gasteiger partial charge in [-0.15, -0.1) is 0 Å². The van der Waals surface area contributed by atoms with Crippen LogP contribution in [-0.4, -0.2) is 53.1 Å². The molecule has 1 atom stereocenters. The Labute approximate surface area is 215 Å². The average molecular weight is 493 g/mol. The lowest BCUT2D eigenvalue weighted by molar-refractivity contribution is -0.134. The predicted octanol–water partition coefficient (Wildman–Crippen LogP) is 4.54. The molecule has 0 saturated carbocycles. The molecule has 1 aromatic heterocycles. The summed E-state index contributed by atoms with van der Waals surface area (Å²) in [5.41, 5.74) is 6.33. The summed E-state index contributed by atoms with van der Waals surface area (Å²) < 4.78 is 11.7. The molecule has 3 aromatic carbocycles. The third-order valence-corrected chi connectivity index (χ3v) is 7.76. The number of aryl methyl sites for hydroxylation is 1. The van der Waals surface area contributed by atoms with Crippen molar-refractivity contribution in [3.8, 4) is 22.6 Å². The fraction of sp³-hybridized carbons (Fsp3) is 0.300. The molecule has 1 unspecified atom stereocenters. The first-order chi connectivity index (χ1) is 18.1. The fourth-order valence-corrected chi connectivity index (χ4v) is 5.81. The van der Waals surface area contributed by atoms with Gasteiger partial charge >= 0.3 is 0 Å². The third kappa shape index (κ3) is 3.86. The van der Waals surface area contributed by atoms with E-state index in [0.29, 0.717) is 26.2 Å². The molecule has 7 heteroatoms. The van der Waals surface area contributed by atoms with E-state index in [2.05, 4.69) is 52.3 Å². The summed E-state index contributed by atoms with van der Waals surface area (Å²) in [6.45, 7) is 5.44. The molecule has 1 amide bonds. The minimum atomic E-state index is 0.175. The van der Waals surface area contributed by atoms with Gasteiger partial charge in [0.05, 0.1) is 23.7 Å². The zero-order valence-corrected chi connectivity index (χ0v) is 20.8. The lowest BCUT2D eigenvalue weighted by Gasteiger charge is -2.33. The van der Waals surface area contributed by atoms with Crippen LogP contribution in [0.1, 0.15) is 23.2 Å². The molecule has 3 aliphatic rings. The van der Waals surface area contributed by atoms with Gasteiger partial charge < -0.3 is 19.3 Å². The maximum absolute atomic E-state index is 12.9. The van der Waals surface area contributed by atoms with Crippen LogP contribution >= 0.6 is 0 Å². The highest BCUT2D eigenvalue weighted by Crippen LogP contribution is 2.40. The number of ether oxygens (including phenoxy) is 2. The Balaban J connectivity index is 1.15. The number of nitrogens with zero attached hydrogens (tertiary/aromatic N) is 4. The van der Waals surface area contributed by atoms with Crippen molar-refractivity contribution >= 4 is 22.8 Å². The summed E-state index contributed by atoms with van der Waals surface area (Å²) in [5, 5.41) is 1.02. The molecule has 0 aliphatic carbocycles. The second-order valence-corrected chi connectivity index (χ2v) is 10.0. The molecule has 1 saturated heterocycles. The van der Waals surface area contributed by atoms with Crippen molar-refractivity contribution in [2.75, 3.05) is 31.2 Å². The Morgan fingerprint density at radius 1 is 0.946 bits per heavy atom. The zero-order valence-electron chi connectivity index (χ0n) is 20.8. The second-order valence-electron chi connectivity index (χ2n) is 10.0. The van der Waals surface area contributed by atoms with E-state index in [1.807, 2.05) is 25.1 Å². The SMILES string of the molecule is Cc1nc(N2CCC(N3Cc4ccccc4CC3=O)C2)nc2ccc(-c3cccc4c3OCCO4)cc12. The van der Waals surface area contributed by atoms with E-state index in [9.17, 15) is 4.79 Å². The van der Waals surface area contributed by atoms with Gasteiger partial charge in [0, 0.05) is 30.6 Å². The second kappa shape index (κ2) is 8.76. The van der Waals surface area contributed by atoms with Gasteiger partial charge in [-0.2, -0.15) is 0 Å². The monoisotopic (exact) mass is 492 g/mol. The Bertz CT molecular complexity index is 1540. The topological polar surface area (TPSA) is 67.8 Å². The van der Waals surface area contributed by atoms with E-state index in [0.717, 1.165) is 70.2 Å². The van der Waals surface area contributed by atoms with Crippen LogP contribution in [-0.2, 0) is 17.8 Å². The number of para-hydroxylation sites is 1. The summed E-state index contributed by atoms with van der Waals surface area (Å²) in [6.07, 6.45) is 1.41. The fourth-order valence-electron chi connectivity index (χ4n) is 5.81. The van der Waals surface area contributed by atoms with Gasteiger partial charge in [-0.25, -0.2) is 9.97 Å². The highest BCUT2D eigenvalue weighted by Gasteiger charge is 2.34. The molecular formula is C30H28N4O3. The standard InChI is InChI=1S/C30H28N4O3/c1-19-25-15-21(24-7-4-8-27-29(24)37-14-13-36-27)9-10-26(25)32-30(31-19)33-12-11-23(18-33)34-17-22-6-3-2-5-20(22)16-28(34)35/h2-10,15,23H,11-14,16-18H2,1H3. The first kappa shape index (κ1) is 22.1. The van der Waals surface area contributed by atoms with Gasteiger partial charge in [0.25, 0.3) is 0 Å². The number of amides is 1. The number of hydrogen-bond acceptors (Lipinski definition) is 6. The number of carbonyl (C=O) groups excluding carboxylic acids is 1. The van der Waals surface area contributed by atoms with Crippen LogP contribution in [0.5, 0.6) is 11.5 Å². The Morgan fingerprint density at radius 2 is 1.81 bits per heavy atom. The Hall–Kier alpha value is -4.13. The van der Waals surface area contributed by atoms with Crippen molar-refractivity contribution < 1.29 is 14.3 Å². The number of benzene rings is 3. The van der Waals surface area contributed by atoms with Crippen LogP contribution in [0, 0.1) is 6.92 Å². The van der Waals surface area contributed by atoms with E-state index < -0.39 is 0 Å². The average Bonchev–Trinajstić information content (AvgIpc) is 3.42. The first-order valence-corrected chi connectivity index (χ1v) is 12.9. The molecule has 37 heavy (non-hydrogen) atoms. The van der Waals surface area contributed by atoms with Crippen LogP contribution in [0.3, 0.4) is 0 Å². The molecule has 0 N–H and O–H groups in total. The third-order valence-electron chi connectivity index (χ3n) is 7.76. The molecule has 4 aromatic rings. The summed E-state index contributed by atoms with van der Waals surface area (Å²) in [7, 11) is 0. The van der Waals surface area contributed by atoms with Crippen LogP contribution in [0.2, 0.25) is 0 Å². The molecule has 1 fully saturated rings. The molecule has 186 valence electrons.